The molecular weight excluding hydrogens is 366 g/mol. The number of amides is 1. The van der Waals surface area contributed by atoms with E-state index in [4.69, 9.17) is 9.84 Å². The molecule has 1 spiro atoms. The molecule has 1 saturated carbocycles. The molecular formula is C22H37N5O2. The van der Waals surface area contributed by atoms with Gasteiger partial charge in [0, 0.05) is 55.4 Å². The lowest BCUT2D eigenvalue weighted by atomic mass is 9.61. The molecule has 7 nitrogen and oxygen atoms in total. The molecule has 29 heavy (non-hydrogen) atoms. The number of carbonyl (C=O) groups is 1. The van der Waals surface area contributed by atoms with E-state index in [1.165, 1.54) is 17.1 Å². The van der Waals surface area contributed by atoms with Crippen LogP contribution in [0.15, 0.2) is 0 Å². The van der Waals surface area contributed by atoms with Gasteiger partial charge >= 0.3 is 6.09 Å². The van der Waals surface area contributed by atoms with E-state index in [0.29, 0.717) is 12.1 Å². The Morgan fingerprint density at radius 3 is 2.59 bits per heavy atom. The number of rotatable bonds is 3. The van der Waals surface area contributed by atoms with Crippen molar-refractivity contribution >= 4 is 11.9 Å². The van der Waals surface area contributed by atoms with Crippen molar-refractivity contribution in [1.82, 2.24) is 20.0 Å². The highest BCUT2D eigenvalue weighted by molar-refractivity contribution is 5.69. The van der Waals surface area contributed by atoms with Gasteiger partial charge in [0.25, 0.3) is 0 Å². The minimum Gasteiger partial charge on any atom is -0.444 e. The Morgan fingerprint density at radius 2 is 1.97 bits per heavy atom. The minimum absolute atomic E-state index is 0.177. The summed E-state index contributed by atoms with van der Waals surface area (Å²) in [5.41, 5.74) is 2.45. The number of likely N-dealkylation sites (tertiary alicyclic amines) is 1. The fourth-order valence-electron chi connectivity index (χ4n) is 5.21. The number of carbonyl (C=O) groups excluding carboxylic acids is 1. The van der Waals surface area contributed by atoms with Crippen molar-refractivity contribution < 1.29 is 9.53 Å². The molecule has 3 aliphatic rings. The Morgan fingerprint density at radius 1 is 1.28 bits per heavy atom. The maximum Gasteiger partial charge on any atom is 0.410 e. The van der Waals surface area contributed by atoms with Crippen LogP contribution in [0.3, 0.4) is 0 Å². The van der Waals surface area contributed by atoms with Gasteiger partial charge in [-0.15, -0.1) is 0 Å². The molecule has 1 aromatic rings. The minimum atomic E-state index is -0.428. The summed E-state index contributed by atoms with van der Waals surface area (Å²) in [6, 6.07) is 0.971. The molecule has 1 amide bonds. The second kappa shape index (κ2) is 7.18. The lowest BCUT2D eigenvalue weighted by Gasteiger charge is -2.58. The summed E-state index contributed by atoms with van der Waals surface area (Å²) in [7, 11) is 0. The third-order valence-corrected chi connectivity index (χ3v) is 6.91. The highest BCUT2D eigenvalue weighted by Crippen LogP contribution is 2.54. The van der Waals surface area contributed by atoms with Crippen LogP contribution in [0.25, 0.3) is 0 Å². The van der Waals surface area contributed by atoms with Crippen molar-refractivity contribution in [2.24, 2.45) is 5.41 Å². The molecule has 1 atom stereocenters. The van der Waals surface area contributed by atoms with Crippen LogP contribution in [0.1, 0.15) is 64.3 Å². The fourth-order valence-corrected chi connectivity index (χ4v) is 5.21. The maximum atomic E-state index is 12.2. The summed E-state index contributed by atoms with van der Waals surface area (Å²) in [5.74, 6) is 1.17. The molecule has 3 heterocycles. The van der Waals surface area contributed by atoms with Crippen molar-refractivity contribution in [3.63, 3.8) is 0 Å². The van der Waals surface area contributed by atoms with Gasteiger partial charge in [-0.1, -0.05) is 6.92 Å². The maximum absolute atomic E-state index is 12.2. The summed E-state index contributed by atoms with van der Waals surface area (Å²) in [4.78, 5) is 16.6. The second-order valence-electron chi connectivity index (χ2n) is 10.3. The number of nitrogens with one attached hydrogen (secondary N) is 1. The van der Waals surface area contributed by atoms with Gasteiger partial charge in [-0.2, -0.15) is 5.10 Å². The number of anilines is 1. The molecule has 1 unspecified atom stereocenters. The van der Waals surface area contributed by atoms with Crippen molar-refractivity contribution in [2.45, 2.75) is 78.5 Å². The topological polar surface area (TPSA) is 62.6 Å². The van der Waals surface area contributed by atoms with Gasteiger partial charge in [0.2, 0.25) is 0 Å². The average molecular weight is 404 g/mol. The lowest BCUT2D eigenvalue weighted by molar-refractivity contribution is -0.0930. The number of nitrogens with zero attached hydrogens (tertiary/aromatic N) is 4. The molecule has 3 fully saturated rings. The predicted octanol–water partition coefficient (Wildman–Crippen LogP) is 3.26. The van der Waals surface area contributed by atoms with E-state index in [2.05, 4.69) is 35.7 Å². The van der Waals surface area contributed by atoms with E-state index < -0.39 is 5.60 Å². The normalized spacial score (nSPS) is 24.4. The van der Waals surface area contributed by atoms with Crippen molar-refractivity contribution in [3.8, 4) is 0 Å². The Hall–Kier alpha value is -1.76. The number of hydrogen-bond donors (Lipinski definition) is 1. The molecule has 0 radical (unpaired) electrons. The predicted molar refractivity (Wildman–Crippen MR) is 115 cm³/mol. The van der Waals surface area contributed by atoms with E-state index in [9.17, 15) is 4.79 Å². The average Bonchev–Trinajstić information content (AvgIpc) is 2.86. The summed E-state index contributed by atoms with van der Waals surface area (Å²) >= 11 is 0. The van der Waals surface area contributed by atoms with E-state index in [0.717, 1.165) is 52.0 Å². The lowest BCUT2D eigenvalue weighted by Crippen LogP contribution is -2.64. The summed E-state index contributed by atoms with van der Waals surface area (Å²) < 4.78 is 7.76. The fraction of sp³-hybridized carbons (Fsp3) is 0.818. The zero-order valence-corrected chi connectivity index (χ0v) is 18.9. The van der Waals surface area contributed by atoms with Crippen LogP contribution in [0, 0.1) is 19.3 Å². The van der Waals surface area contributed by atoms with Crippen LogP contribution < -0.4 is 10.2 Å². The molecule has 1 N–H and O–H groups in total. The number of piperazine rings is 1. The van der Waals surface area contributed by atoms with Crippen LogP contribution in [-0.2, 0) is 4.74 Å². The zero-order valence-electron chi connectivity index (χ0n) is 18.9. The second-order valence-corrected chi connectivity index (χ2v) is 10.3. The Balaban J connectivity index is 1.39. The molecule has 4 rings (SSSR count). The molecule has 1 aromatic heterocycles. The summed E-state index contributed by atoms with van der Waals surface area (Å²) in [6.07, 6.45) is 3.16. The first-order chi connectivity index (χ1) is 13.6. The Kier molecular flexibility index (Phi) is 5.08. The molecule has 162 valence electrons. The third kappa shape index (κ3) is 3.74. The molecule has 2 saturated heterocycles. The van der Waals surface area contributed by atoms with Crippen LogP contribution >= 0.6 is 0 Å². The van der Waals surface area contributed by atoms with Gasteiger partial charge < -0.3 is 19.9 Å². The largest absolute Gasteiger partial charge is 0.444 e. The molecule has 0 bridgehead atoms. The Bertz CT molecular complexity index is 767. The van der Waals surface area contributed by atoms with Crippen LogP contribution in [-0.4, -0.2) is 65.1 Å². The number of hydrogen-bond acceptors (Lipinski definition) is 5. The molecule has 2 aliphatic heterocycles. The van der Waals surface area contributed by atoms with Gasteiger partial charge in [0.15, 0.2) is 5.82 Å². The molecule has 7 heteroatoms. The standard InChI is InChI=1S/C22H37N5O2/c1-7-17-12-23-8-9-26(17)19-15(2)16(3)27(24-19)18-10-22(11-18)13-25(14-22)20(28)29-21(4,5)6/h17-18,23H,7-14H2,1-6H3. The van der Waals surface area contributed by atoms with Crippen LogP contribution in [0.4, 0.5) is 10.6 Å². The van der Waals surface area contributed by atoms with E-state index in [-0.39, 0.29) is 11.5 Å². The third-order valence-electron chi connectivity index (χ3n) is 6.91. The first-order valence-corrected chi connectivity index (χ1v) is 11.1. The Labute approximate surface area is 174 Å². The van der Waals surface area contributed by atoms with Gasteiger partial charge in [-0.25, -0.2) is 4.79 Å². The SMILES string of the molecule is CCC1CNCCN1c1nn(C2CC3(C2)CN(C(=O)OC(C)(C)C)C3)c(C)c1C. The van der Waals surface area contributed by atoms with Crippen LogP contribution in [0.2, 0.25) is 0 Å². The first kappa shape index (κ1) is 20.5. The van der Waals surface area contributed by atoms with Gasteiger partial charge in [0.05, 0.1) is 6.04 Å². The molecule has 0 aromatic carbocycles. The van der Waals surface area contributed by atoms with E-state index in [1.807, 2.05) is 25.7 Å². The quantitative estimate of drug-likeness (QED) is 0.839. The highest BCUT2D eigenvalue weighted by atomic mass is 16.6. The molecule has 1 aliphatic carbocycles. The van der Waals surface area contributed by atoms with E-state index >= 15 is 0 Å². The van der Waals surface area contributed by atoms with Gasteiger partial charge in [0.1, 0.15) is 5.60 Å². The van der Waals surface area contributed by atoms with Gasteiger partial charge in [-0.05, 0) is 53.9 Å². The summed E-state index contributed by atoms with van der Waals surface area (Å²) in [5, 5.41) is 8.60. The first-order valence-electron chi connectivity index (χ1n) is 11.1. The zero-order chi connectivity index (χ0) is 21.0. The smallest absolute Gasteiger partial charge is 0.410 e. The van der Waals surface area contributed by atoms with Crippen molar-refractivity contribution in [3.05, 3.63) is 11.3 Å². The monoisotopic (exact) mass is 403 g/mol. The van der Waals surface area contributed by atoms with Crippen molar-refractivity contribution in [1.29, 1.82) is 0 Å². The number of ether oxygens (including phenoxy) is 1. The van der Waals surface area contributed by atoms with Crippen LogP contribution in [0.5, 0.6) is 0 Å². The number of aromatic nitrogens is 2. The van der Waals surface area contributed by atoms with Crippen molar-refractivity contribution in [2.75, 3.05) is 37.6 Å². The summed E-state index contributed by atoms with van der Waals surface area (Å²) in [6.45, 7) is 17.1. The van der Waals surface area contributed by atoms with E-state index in [1.54, 1.807) is 0 Å². The van der Waals surface area contributed by atoms with Gasteiger partial charge in [-0.3, -0.25) is 4.68 Å². The highest BCUT2D eigenvalue weighted by Gasteiger charge is 2.55.